The first kappa shape index (κ1) is 20.2. The molecule has 1 heterocycles. The minimum Gasteiger partial charge on any atom is -0.310 e. The molecule has 3 aromatic rings. The van der Waals surface area contributed by atoms with Gasteiger partial charge in [-0.25, -0.2) is 4.68 Å². The minimum absolute atomic E-state index is 0.0534. The summed E-state index contributed by atoms with van der Waals surface area (Å²) in [5.74, 6) is 0.341. The summed E-state index contributed by atoms with van der Waals surface area (Å²) in [6.07, 6.45) is 0.711. The number of amides is 1. The van der Waals surface area contributed by atoms with E-state index in [0.717, 1.165) is 16.9 Å². The summed E-state index contributed by atoms with van der Waals surface area (Å²) in [7, 11) is 0. The fourth-order valence-electron chi connectivity index (χ4n) is 3.11. The van der Waals surface area contributed by atoms with Gasteiger partial charge >= 0.3 is 0 Å². The van der Waals surface area contributed by atoms with Gasteiger partial charge in [-0.15, -0.1) is 0 Å². The Morgan fingerprint density at radius 1 is 1.11 bits per heavy atom. The van der Waals surface area contributed by atoms with Crippen molar-refractivity contribution in [2.45, 2.75) is 45.4 Å². The van der Waals surface area contributed by atoms with Crippen LogP contribution in [0.1, 0.15) is 51.3 Å². The van der Waals surface area contributed by atoms with E-state index in [-0.39, 0.29) is 17.2 Å². The van der Waals surface area contributed by atoms with Crippen molar-refractivity contribution in [2.24, 2.45) is 0 Å². The van der Waals surface area contributed by atoms with Gasteiger partial charge in [0.2, 0.25) is 5.91 Å². The highest BCUT2D eigenvalue weighted by Gasteiger charge is 2.24. The van der Waals surface area contributed by atoms with Crippen LogP contribution in [0.5, 0.6) is 0 Å². The van der Waals surface area contributed by atoms with Crippen LogP contribution in [-0.4, -0.2) is 15.7 Å². The first-order valence-corrected chi connectivity index (χ1v) is 9.90. The number of para-hydroxylation sites is 1. The van der Waals surface area contributed by atoms with Crippen LogP contribution in [0.2, 0.25) is 5.02 Å². The largest absolute Gasteiger partial charge is 0.310 e. The third kappa shape index (κ3) is 4.28. The molecule has 0 aliphatic rings. The number of nitrogens with zero attached hydrogens (tertiary/aromatic N) is 2. The second kappa shape index (κ2) is 8.19. The summed E-state index contributed by atoms with van der Waals surface area (Å²) in [6, 6.07) is 19.3. The lowest BCUT2D eigenvalue weighted by Crippen LogP contribution is -2.22. The average molecular weight is 396 g/mol. The Labute approximate surface area is 171 Å². The second-order valence-electron chi connectivity index (χ2n) is 7.89. The molecule has 3 rings (SSSR count). The lowest BCUT2D eigenvalue weighted by molar-refractivity contribution is -0.117. The third-order valence-corrected chi connectivity index (χ3v) is 5.06. The Hall–Kier alpha value is -2.59. The standard InChI is InChI=1S/C23H26ClN3O/c1-5-17(16-11-7-6-8-12-16)22(28)25-21-15-20(23(2,3)4)26-27(21)19-14-10-9-13-18(19)24/h6-15,17H,5H2,1-4H3,(H,25,28)/t17-/m0/s1. The maximum absolute atomic E-state index is 13.1. The Morgan fingerprint density at radius 3 is 2.36 bits per heavy atom. The van der Waals surface area contributed by atoms with Gasteiger partial charge in [-0.3, -0.25) is 4.79 Å². The quantitative estimate of drug-likeness (QED) is 0.579. The van der Waals surface area contributed by atoms with Crippen LogP contribution in [0, 0.1) is 0 Å². The molecule has 0 radical (unpaired) electrons. The van der Waals surface area contributed by atoms with Gasteiger partial charge in [-0.05, 0) is 24.1 Å². The van der Waals surface area contributed by atoms with Gasteiger partial charge in [0.15, 0.2) is 0 Å². The summed E-state index contributed by atoms with van der Waals surface area (Å²) in [5.41, 5.74) is 2.47. The van der Waals surface area contributed by atoms with Gasteiger partial charge < -0.3 is 5.32 Å². The Bertz CT molecular complexity index is 957. The molecular weight excluding hydrogens is 370 g/mol. The number of carbonyl (C=O) groups is 1. The van der Waals surface area contributed by atoms with Crippen LogP contribution in [-0.2, 0) is 10.2 Å². The summed E-state index contributed by atoms with van der Waals surface area (Å²) < 4.78 is 1.72. The van der Waals surface area contributed by atoms with Crippen molar-refractivity contribution in [3.8, 4) is 5.69 Å². The summed E-state index contributed by atoms with van der Waals surface area (Å²) in [5, 5.41) is 8.40. The number of carbonyl (C=O) groups excluding carboxylic acids is 1. The molecular formula is C23H26ClN3O. The molecule has 2 aromatic carbocycles. The van der Waals surface area contributed by atoms with E-state index >= 15 is 0 Å². The van der Waals surface area contributed by atoms with E-state index in [2.05, 4.69) is 26.1 Å². The molecule has 0 saturated carbocycles. The molecule has 146 valence electrons. The number of rotatable bonds is 5. The first-order chi connectivity index (χ1) is 13.3. The Balaban J connectivity index is 2.00. The molecule has 1 amide bonds. The van der Waals surface area contributed by atoms with Crippen LogP contribution >= 0.6 is 11.6 Å². The van der Waals surface area contributed by atoms with E-state index in [4.69, 9.17) is 16.7 Å². The van der Waals surface area contributed by atoms with Crippen molar-refractivity contribution >= 4 is 23.3 Å². The summed E-state index contributed by atoms with van der Waals surface area (Å²) in [4.78, 5) is 13.1. The lowest BCUT2D eigenvalue weighted by atomic mass is 9.92. The molecule has 0 aliphatic heterocycles. The number of benzene rings is 2. The van der Waals surface area contributed by atoms with Gasteiger partial charge in [0.1, 0.15) is 5.82 Å². The number of anilines is 1. The monoisotopic (exact) mass is 395 g/mol. The van der Waals surface area contributed by atoms with E-state index in [1.54, 1.807) is 4.68 Å². The molecule has 4 nitrogen and oxygen atoms in total. The normalized spacial score (nSPS) is 12.6. The Kier molecular flexibility index (Phi) is 5.90. The number of aromatic nitrogens is 2. The van der Waals surface area contributed by atoms with Gasteiger partial charge in [0.05, 0.1) is 22.3 Å². The van der Waals surface area contributed by atoms with Gasteiger partial charge in [0.25, 0.3) is 0 Å². The predicted molar refractivity (Wildman–Crippen MR) is 115 cm³/mol. The van der Waals surface area contributed by atoms with Crippen molar-refractivity contribution < 1.29 is 4.79 Å². The fourth-order valence-corrected chi connectivity index (χ4v) is 3.33. The number of halogens is 1. The molecule has 0 bridgehead atoms. The smallest absolute Gasteiger partial charge is 0.233 e. The molecule has 0 fully saturated rings. The first-order valence-electron chi connectivity index (χ1n) is 9.52. The van der Waals surface area contributed by atoms with Crippen LogP contribution in [0.4, 0.5) is 5.82 Å². The minimum atomic E-state index is -0.228. The molecule has 5 heteroatoms. The molecule has 0 unspecified atom stereocenters. The lowest BCUT2D eigenvalue weighted by Gasteiger charge is -2.16. The summed E-state index contributed by atoms with van der Waals surface area (Å²) >= 11 is 6.40. The molecule has 1 N–H and O–H groups in total. The van der Waals surface area contributed by atoms with E-state index in [1.807, 2.05) is 67.6 Å². The maximum atomic E-state index is 13.1. The fraction of sp³-hybridized carbons (Fsp3) is 0.304. The van der Waals surface area contributed by atoms with Crippen molar-refractivity contribution in [1.82, 2.24) is 9.78 Å². The third-order valence-electron chi connectivity index (χ3n) is 4.74. The zero-order valence-electron chi connectivity index (χ0n) is 16.7. The zero-order chi connectivity index (χ0) is 20.3. The molecule has 0 spiro atoms. The highest BCUT2D eigenvalue weighted by molar-refractivity contribution is 6.32. The van der Waals surface area contributed by atoms with Crippen molar-refractivity contribution in [3.63, 3.8) is 0 Å². The molecule has 0 saturated heterocycles. The highest BCUT2D eigenvalue weighted by Crippen LogP contribution is 2.30. The average Bonchev–Trinajstić information content (AvgIpc) is 3.07. The van der Waals surface area contributed by atoms with Crippen LogP contribution in [0.15, 0.2) is 60.7 Å². The number of hydrogen-bond acceptors (Lipinski definition) is 2. The molecule has 0 aliphatic carbocycles. The SMILES string of the molecule is CC[C@H](C(=O)Nc1cc(C(C)(C)C)nn1-c1ccccc1Cl)c1ccccc1. The van der Waals surface area contributed by atoms with Gasteiger partial charge in [0, 0.05) is 11.5 Å². The molecule has 1 atom stereocenters. The zero-order valence-corrected chi connectivity index (χ0v) is 17.5. The van der Waals surface area contributed by atoms with Gasteiger partial charge in [-0.1, -0.05) is 81.8 Å². The highest BCUT2D eigenvalue weighted by atomic mass is 35.5. The number of hydrogen-bond donors (Lipinski definition) is 1. The van der Waals surface area contributed by atoms with Gasteiger partial charge in [-0.2, -0.15) is 5.10 Å². The maximum Gasteiger partial charge on any atom is 0.233 e. The molecule has 1 aromatic heterocycles. The van der Waals surface area contributed by atoms with E-state index in [9.17, 15) is 4.79 Å². The van der Waals surface area contributed by atoms with Crippen molar-refractivity contribution in [3.05, 3.63) is 76.9 Å². The van der Waals surface area contributed by atoms with Crippen LogP contribution < -0.4 is 5.32 Å². The van der Waals surface area contributed by atoms with E-state index in [1.165, 1.54) is 0 Å². The van der Waals surface area contributed by atoms with E-state index < -0.39 is 0 Å². The predicted octanol–water partition coefficient (Wildman–Crippen LogP) is 5.96. The van der Waals surface area contributed by atoms with Crippen molar-refractivity contribution in [1.29, 1.82) is 0 Å². The van der Waals surface area contributed by atoms with Crippen molar-refractivity contribution in [2.75, 3.05) is 5.32 Å². The summed E-state index contributed by atoms with van der Waals surface area (Å²) in [6.45, 7) is 8.30. The van der Waals surface area contributed by atoms with Crippen LogP contribution in [0.25, 0.3) is 5.69 Å². The van der Waals surface area contributed by atoms with E-state index in [0.29, 0.717) is 17.3 Å². The topological polar surface area (TPSA) is 46.9 Å². The van der Waals surface area contributed by atoms with Crippen LogP contribution in [0.3, 0.4) is 0 Å². The number of nitrogens with one attached hydrogen (secondary N) is 1. The second-order valence-corrected chi connectivity index (χ2v) is 8.30. The molecule has 28 heavy (non-hydrogen) atoms. The Morgan fingerprint density at radius 2 is 1.75 bits per heavy atom.